The Labute approximate surface area is 123 Å². The Morgan fingerprint density at radius 3 is 2.50 bits per heavy atom. The first-order valence-electron chi connectivity index (χ1n) is 5.17. The fourth-order valence-electron chi connectivity index (χ4n) is 1.67. The monoisotopic (exact) mass is 345 g/mol. The van der Waals surface area contributed by atoms with Crippen molar-refractivity contribution < 1.29 is 5.11 Å². The molecule has 94 valence electrons. The predicted molar refractivity (Wildman–Crippen MR) is 79.1 cm³/mol. The average Bonchev–Trinajstić information content (AvgIpc) is 2.34. The second kappa shape index (κ2) is 5.49. The minimum Gasteiger partial charge on any atom is -0.398 e. The molecule has 5 heteroatoms. The zero-order valence-corrected chi connectivity index (χ0v) is 12.3. The second-order valence-corrected chi connectivity index (χ2v) is 5.60. The number of hydrogen-bond acceptors (Lipinski definition) is 2. The van der Waals surface area contributed by atoms with Gasteiger partial charge in [-0.2, -0.15) is 0 Å². The topological polar surface area (TPSA) is 46.2 Å². The Kier molecular flexibility index (Phi) is 4.17. The summed E-state index contributed by atoms with van der Waals surface area (Å²) in [7, 11) is 0. The normalized spacial score (nSPS) is 12.4. The van der Waals surface area contributed by atoms with Crippen LogP contribution < -0.4 is 5.73 Å². The summed E-state index contributed by atoms with van der Waals surface area (Å²) in [6, 6.07) is 10.2. The average molecular weight is 347 g/mol. The third-order valence-corrected chi connectivity index (χ3v) is 3.67. The molecule has 2 aromatic rings. The van der Waals surface area contributed by atoms with Gasteiger partial charge >= 0.3 is 0 Å². The number of halogens is 3. The van der Waals surface area contributed by atoms with Crippen LogP contribution in [0.3, 0.4) is 0 Å². The number of anilines is 1. The molecule has 0 aromatic heterocycles. The molecule has 0 spiro atoms. The fourth-order valence-corrected chi connectivity index (χ4v) is 2.45. The van der Waals surface area contributed by atoms with Crippen LogP contribution >= 0.6 is 39.1 Å². The standard InChI is InChI=1S/C13H10BrCl2NO/c14-7-1-4-12(17)10(5-7)13(18)9-6-8(15)2-3-11(9)16/h1-6,13,18H,17H2. The van der Waals surface area contributed by atoms with Crippen LogP contribution in [-0.2, 0) is 0 Å². The molecule has 0 heterocycles. The summed E-state index contributed by atoms with van der Waals surface area (Å²) < 4.78 is 0.837. The van der Waals surface area contributed by atoms with Crippen molar-refractivity contribution in [2.24, 2.45) is 0 Å². The molecule has 0 radical (unpaired) electrons. The molecule has 0 saturated carbocycles. The summed E-state index contributed by atoms with van der Waals surface area (Å²) in [5, 5.41) is 11.3. The third kappa shape index (κ3) is 2.81. The highest BCUT2D eigenvalue weighted by atomic mass is 79.9. The van der Waals surface area contributed by atoms with Gasteiger partial charge in [-0.05, 0) is 36.4 Å². The van der Waals surface area contributed by atoms with Gasteiger partial charge in [0.15, 0.2) is 0 Å². The number of rotatable bonds is 2. The van der Waals surface area contributed by atoms with Crippen molar-refractivity contribution in [3.63, 3.8) is 0 Å². The summed E-state index contributed by atoms with van der Waals surface area (Å²) in [6.07, 6.45) is -0.909. The van der Waals surface area contributed by atoms with Gasteiger partial charge in [0.25, 0.3) is 0 Å². The number of aliphatic hydroxyl groups is 1. The molecule has 18 heavy (non-hydrogen) atoms. The van der Waals surface area contributed by atoms with Gasteiger partial charge in [-0.1, -0.05) is 39.1 Å². The van der Waals surface area contributed by atoms with Crippen molar-refractivity contribution in [1.29, 1.82) is 0 Å². The van der Waals surface area contributed by atoms with Crippen LogP contribution in [0.15, 0.2) is 40.9 Å². The summed E-state index contributed by atoms with van der Waals surface area (Å²) in [5.41, 5.74) is 7.49. The van der Waals surface area contributed by atoms with Gasteiger partial charge in [0.05, 0.1) is 0 Å². The van der Waals surface area contributed by atoms with E-state index in [9.17, 15) is 5.11 Å². The highest BCUT2D eigenvalue weighted by molar-refractivity contribution is 9.10. The molecular weight excluding hydrogens is 337 g/mol. The van der Waals surface area contributed by atoms with E-state index in [-0.39, 0.29) is 0 Å². The molecule has 0 aliphatic heterocycles. The lowest BCUT2D eigenvalue weighted by Crippen LogP contribution is -2.04. The van der Waals surface area contributed by atoms with E-state index in [2.05, 4.69) is 15.9 Å². The lowest BCUT2D eigenvalue weighted by molar-refractivity contribution is 0.221. The van der Waals surface area contributed by atoms with E-state index in [1.54, 1.807) is 30.3 Å². The molecule has 3 N–H and O–H groups in total. The number of hydrogen-bond donors (Lipinski definition) is 2. The first kappa shape index (κ1) is 13.7. The van der Waals surface area contributed by atoms with Gasteiger partial charge in [0.2, 0.25) is 0 Å². The third-order valence-electron chi connectivity index (χ3n) is 2.60. The second-order valence-electron chi connectivity index (χ2n) is 3.84. The van der Waals surface area contributed by atoms with Crippen molar-refractivity contribution in [3.05, 3.63) is 62.0 Å². The van der Waals surface area contributed by atoms with E-state index < -0.39 is 6.10 Å². The Hall–Kier alpha value is -0.740. The van der Waals surface area contributed by atoms with Crippen LogP contribution in [0.1, 0.15) is 17.2 Å². The van der Waals surface area contributed by atoms with E-state index >= 15 is 0 Å². The van der Waals surface area contributed by atoms with E-state index in [4.69, 9.17) is 28.9 Å². The molecule has 2 aromatic carbocycles. The quantitative estimate of drug-likeness (QED) is 0.790. The molecule has 0 amide bonds. The summed E-state index contributed by atoms with van der Waals surface area (Å²) >= 11 is 15.3. The van der Waals surface area contributed by atoms with Crippen LogP contribution in [0.5, 0.6) is 0 Å². The molecular formula is C13H10BrCl2NO. The van der Waals surface area contributed by atoms with Crippen LogP contribution in [0.2, 0.25) is 10.0 Å². The molecule has 1 atom stereocenters. The van der Waals surface area contributed by atoms with Gasteiger partial charge in [-0.25, -0.2) is 0 Å². The predicted octanol–water partition coefficient (Wildman–Crippen LogP) is 4.42. The van der Waals surface area contributed by atoms with Crippen LogP contribution in [0.25, 0.3) is 0 Å². The van der Waals surface area contributed by atoms with E-state index in [1.807, 2.05) is 6.07 Å². The molecule has 0 bridgehead atoms. The number of nitrogens with two attached hydrogens (primary N) is 1. The highest BCUT2D eigenvalue weighted by Crippen LogP contribution is 2.34. The first-order valence-corrected chi connectivity index (χ1v) is 6.72. The zero-order chi connectivity index (χ0) is 13.3. The Morgan fingerprint density at radius 1 is 1.06 bits per heavy atom. The van der Waals surface area contributed by atoms with Crippen LogP contribution in [0, 0.1) is 0 Å². The van der Waals surface area contributed by atoms with Crippen LogP contribution in [-0.4, -0.2) is 5.11 Å². The summed E-state index contributed by atoms with van der Waals surface area (Å²) in [5.74, 6) is 0. The number of aliphatic hydroxyl groups excluding tert-OH is 1. The molecule has 0 saturated heterocycles. The van der Waals surface area contributed by atoms with Gasteiger partial charge in [-0.3, -0.25) is 0 Å². The smallest absolute Gasteiger partial charge is 0.108 e. The van der Waals surface area contributed by atoms with E-state index in [1.165, 1.54) is 0 Å². The minimum absolute atomic E-state index is 0.450. The Bertz CT molecular complexity index is 538. The zero-order valence-electron chi connectivity index (χ0n) is 9.20. The highest BCUT2D eigenvalue weighted by Gasteiger charge is 2.17. The first-order chi connectivity index (χ1) is 8.49. The van der Waals surface area contributed by atoms with Crippen LogP contribution in [0.4, 0.5) is 5.69 Å². The Balaban J connectivity index is 2.50. The molecule has 0 aliphatic rings. The van der Waals surface area contributed by atoms with Crippen molar-refractivity contribution in [2.75, 3.05) is 5.73 Å². The SMILES string of the molecule is Nc1ccc(Br)cc1C(O)c1cc(Cl)ccc1Cl. The van der Waals surface area contributed by atoms with Crippen molar-refractivity contribution in [3.8, 4) is 0 Å². The maximum Gasteiger partial charge on any atom is 0.108 e. The summed E-state index contributed by atoms with van der Waals surface area (Å²) in [4.78, 5) is 0. The van der Waals surface area contributed by atoms with E-state index in [0.29, 0.717) is 26.9 Å². The molecule has 2 rings (SSSR count). The Morgan fingerprint density at radius 2 is 1.78 bits per heavy atom. The van der Waals surface area contributed by atoms with Gasteiger partial charge in [0.1, 0.15) is 6.10 Å². The van der Waals surface area contributed by atoms with Gasteiger partial charge in [-0.15, -0.1) is 0 Å². The van der Waals surface area contributed by atoms with Gasteiger partial charge in [0, 0.05) is 31.3 Å². The summed E-state index contributed by atoms with van der Waals surface area (Å²) in [6.45, 7) is 0. The van der Waals surface area contributed by atoms with Crippen molar-refractivity contribution in [1.82, 2.24) is 0 Å². The van der Waals surface area contributed by atoms with Crippen molar-refractivity contribution >= 4 is 44.8 Å². The maximum atomic E-state index is 10.4. The lowest BCUT2D eigenvalue weighted by atomic mass is 10.00. The lowest BCUT2D eigenvalue weighted by Gasteiger charge is -2.16. The fraction of sp³-hybridized carbons (Fsp3) is 0.0769. The molecule has 2 nitrogen and oxygen atoms in total. The minimum atomic E-state index is -0.909. The van der Waals surface area contributed by atoms with Crippen molar-refractivity contribution in [2.45, 2.75) is 6.10 Å². The molecule has 0 aliphatic carbocycles. The molecule has 1 unspecified atom stereocenters. The maximum absolute atomic E-state index is 10.4. The van der Waals surface area contributed by atoms with Gasteiger partial charge < -0.3 is 10.8 Å². The van der Waals surface area contributed by atoms with E-state index in [0.717, 1.165) is 4.47 Å². The molecule has 0 fully saturated rings. The number of benzene rings is 2. The largest absolute Gasteiger partial charge is 0.398 e. The number of nitrogen functional groups attached to an aromatic ring is 1.